The maximum Gasteiger partial charge on any atom is 0.0776 e. The average Bonchev–Trinajstić information content (AvgIpc) is 3.74. The highest BCUT2D eigenvalue weighted by Crippen LogP contribution is 2.44. The predicted octanol–water partition coefficient (Wildman–Crippen LogP) is 14.9. The van der Waals surface area contributed by atoms with Gasteiger partial charge in [-0.3, -0.25) is 0 Å². The molecule has 2 heterocycles. The van der Waals surface area contributed by atoms with Gasteiger partial charge in [0.1, 0.15) is 0 Å². The first-order valence-electron chi connectivity index (χ1n) is 20.3. The molecule has 0 fully saturated rings. The summed E-state index contributed by atoms with van der Waals surface area (Å²) in [6.07, 6.45) is 0. The van der Waals surface area contributed by atoms with E-state index in [0.717, 1.165) is 28.4 Å². The Hall–Kier alpha value is -6.88. The minimum Gasteiger partial charge on any atom is -0.310 e. The molecule has 3 nitrogen and oxygen atoms in total. The van der Waals surface area contributed by atoms with E-state index >= 15 is 0 Å². The minimum absolute atomic E-state index is 1.14. The number of aryl methyl sites for hydroxylation is 1. The van der Waals surface area contributed by atoms with Crippen LogP contribution in [0.25, 0.3) is 59.6 Å². The van der Waals surface area contributed by atoms with E-state index < -0.39 is 8.07 Å². The number of rotatable bonds is 7. The van der Waals surface area contributed by atoms with Crippen molar-refractivity contribution in [2.45, 2.75) is 26.6 Å². The van der Waals surface area contributed by atoms with E-state index in [1.54, 1.807) is 0 Å². The molecule has 0 spiro atoms. The fraction of sp³-hybridized carbons (Fsp3) is 0.0741. The highest BCUT2D eigenvalue weighted by atomic mass is 28.3. The molecule has 0 aliphatic heterocycles. The number of hydrogen-bond donors (Lipinski definition) is 0. The Kier molecular flexibility index (Phi) is 7.76. The van der Waals surface area contributed by atoms with Crippen LogP contribution in [-0.2, 0) is 0 Å². The number of nitrogens with zero attached hydrogens (tertiary/aromatic N) is 3. The molecule has 0 aliphatic rings. The lowest BCUT2D eigenvalue weighted by Gasteiger charge is -2.27. The van der Waals surface area contributed by atoms with E-state index in [0.29, 0.717) is 0 Å². The molecule has 278 valence electrons. The predicted molar refractivity (Wildman–Crippen MR) is 253 cm³/mol. The smallest absolute Gasteiger partial charge is 0.0776 e. The normalized spacial score (nSPS) is 12.1. The van der Waals surface area contributed by atoms with Gasteiger partial charge < -0.3 is 14.2 Å². The number of hydrogen-bond acceptors (Lipinski definition) is 2. The number of benzene rings is 9. The van der Waals surface area contributed by atoms with E-state index in [4.69, 9.17) is 0 Å². The molecule has 0 atom stereocenters. The molecule has 9 aromatic carbocycles. The monoisotopic (exact) mass is 761 g/mol. The minimum atomic E-state index is -1.53. The van der Waals surface area contributed by atoms with Crippen molar-refractivity contribution in [3.8, 4) is 0 Å². The van der Waals surface area contributed by atoms with Crippen molar-refractivity contribution in [3.63, 3.8) is 0 Å². The molecule has 0 unspecified atom stereocenters. The third-order valence-electron chi connectivity index (χ3n) is 12.0. The Morgan fingerprint density at radius 3 is 1.34 bits per heavy atom. The maximum absolute atomic E-state index is 2.52. The largest absolute Gasteiger partial charge is 0.310 e. The molecule has 0 bridgehead atoms. The maximum atomic E-state index is 2.52. The summed E-state index contributed by atoms with van der Waals surface area (Å²) in [6.45, 7) is 9.42. The van der Waals surface area contributed by atoms with Gasteiger partial charge in [-0.15, -0.1) is 0 Å². The van der Waals surface area contributed by atoms with Gasteiger partial charge >= 0.3 is 0 Å². The first kappa shape index (κ1) is 34.4. The van der Waals surface area contributed by atoms with E-state index in [9.17, 15) is 0 Å². The van der Waals surface area contributed by atoms with Gasteiger partial charge in [0.15, 0.2) is 0 Å². The molecule has 58 heavy (non-hydrogen) atoms. The van der Waals surface area contributed by atoms with Crippen molar-refractivity contribution in [3.05, 3.63) is 194 Å². The molecule has 11 aromatic rings. The average molecular weight is 762 g/mol. The second kappa shape index (κ2) is 13.1. The van der Waals surface area contributed by atoms with Crippen LogP contribution in [0.4, 0.5) is 34.1 Å². The molecule has 4 heteroatoms. The number of fused-ring (bicyclic) bond motifs is 8. The van der Waals surface area contributed by atoms with Crippen molar-refractivity contribution in [1.82, 2.24) is 4.40 Å². The summed E-state index contributed by atoms with van der Waals surface area (Å²) in [6, 6.07) is 69.7. The van der Waals surface area contributed by atoms with Crippen molar-refractivity contribution >= 4 is 107 Å². The fourth-order valence-electron chi connectivity index (χ4n) is 9.14. The second-order valence-corrected chi connectivity index (χ2v) is 21.9. The van der Waals surface area contributed by atoms with E-state index in [1.807, 2.05) is 0 Å². The second-order valence-electron chi connectivity index (χ2n) is 16.8. The van der Waals surface area contributed by atoms with Crippen LogP contribution in [0.5, 0.6) is 0 Å². The van der Waals surface area contributed by atoms with Crippen LogP contribution < -0.4 is 15.0 Å². The van der Waals surface area contributed by atoms with Crippen LogP contribution in [0.1, 0.15) is 5.56 Å². The summed E-state index contributed by atoms with van der Waals surface area (Å²) in [4.78, 5) is 4.77. The van der Waals surface area contributed by atoms with Gasteiger partial charge in [0.25, 0.3) is 0 Å². The SMILES string of the molecule is Cc1cccc(N(c2ccccc2)c2ccc3cc4c5cccc6c7cc8ccc(N(c9ccccc9)c9cccc([Si](C)(C)C)c9)cc8cc7n(c4cc3c2)c56)c1. The van der Waals surface area contributed by atoms with E-state index in [-0.39, 0.29) is 0 Å². The zero-order chi connectivity index (χ0) is 39.1. The third-order valence-corrected chi connectivity index (χ3v) is 14.0. The van der Waals surface area contributed by atoms with Crippen LogP contribution in [0, 0.1) is 6.92 Å². The van der Waals surface area contributed by atoms with Crippen molar-refractivity contribution < 1.29 is 0 Å². The Labute approximate surface area is 340 Å². The molecule has 0 saturated carbocycles. The third kappa shape index (κ3) is 5.55. The molecule has 0 radical (unpaired) electrons. The highest BCUT2D eigenvalue weighted by Gasteiger charge is 2.22. The van der Waals surface area contributed by atoms with Gasteiger partial charge in [0.2, 0.25) is 0 Å². The summed E-state index contributed by atoms with van der Waals surface area (Å²) >= 11 is 0. The van der Waals surface area contributed by atoms with Crippen molar-refractivity contribution in [2.75, 3.05) is 9.80 Å². The fourth-order valence-corrected chi connectivity index (χ4v) is 10.3. The number of aromatic nitrogens is 1. The zero-order valence-corrected chi connectivity index (χ0v) is 34.2. The number of para-hydroxylation sites is 3. The van der Waals surface area contributed by atoms with E-state index in [2.05, 4.69) is 229 Å². The molecular formula is C54H43N3Si. The van der Waals surface area contributed by atoms with Crippen LogP contribution in [0.15, 0.2) is 188 Å². The van der Waals surface area contributed by atoms with E-state index in [1.165, 1.54) is 76.1 Å². The summed E-state index contributed by atoms with van der Waals surface area (Å²) in [5.41, 5.74) is 11.9. The standard InChI is InChI=1S/C54H43N3Si/c1-36-14-11-19-43(28-36)55(41-15-7-5-8-16-41)45-26-24-37-31-50-48-22-13-23-49-51-32-38-25-27-46(30-40(38)34-53(51)57(54(48)49)52(50)33-39(37)29-45)56(42-17-9-6-10-18-42)44-20-12-21-47(35-44)58(2,3)4/h5-35H,1-4H3. The molecule has 0 N–H and O–H groups in total. The van der Waals surface area contributed by atoms with Gasteiger partial charge in [-0.2, -0.15) is 0 Å². The van der Waals surface area contributed by atoms with Gasteiger partial charge in [-0.1, -0.05) is 116 Å². The zero-order valence-electron chi connectivity index (χ0n) is 33.2. The lowest BCUT2D eigenvalue weighted by molar-refractivity contribution is 1.28. The van der Waals surface area contributed by atoms with Crippen molar-refractivity contribution in [2.24, 2.45) is 0 Å². The molecule has 0 aliphatic carbocycles. The Balaban J connectivity index is 1.12. The lowest BCUT2D eigenvalue weighted by Crippen LogP contribution is -2.37. The van der Waals surface area contributed by atoms with Crippen LogP contribution in [-0.4, -0.2) is 12.5 Å². The lowest BCUT2D eigenvalue weighted by atomic mass is 10.0. The van der Waals surface area contributed by atoms with Gasteiger partial charge in [-0.25, -0.2) is 0 Å². The van der Waals surface area contributed by atoms with Crippen LogP contribution in [0.2, 0.25) is 19.6 Å². The molecule has 2 aromatic heterocycles. The first-order valence-corrected chi connectivity index (χ1v) is 23.8. The summed E-state index contributed by atoms with van der Waals surface area (Å²) < 4.78 is 2.52. The summed E-state index contributed by atoms with van der Waals surface area (Å²) in [5, 5.41) is 11.5. The molecular weight excluding hydrogens is 719 g/mol. The van der Waals surface area contributed by atoms with Crippen molar-refractivity contribution in [1.29, 1.82) is 0 Å². The Morgan fingerprint density at radius 2 is 0.828 bits per heavy atom. The Bertz CT molecular complexity index is 3340. The molecule has 0 saturated heterocycles. The highest BCUT2D eigenvalue weighted by molar-refractivity contribution is 6.88. The van der Waals surface area contributed by atoms with Gasteiger partial charge in [0, 0.05) is 55.7 Å². The molecule has 11 rings (SSSR count). The van der Waals surface area contributed by atoms with Crippen LogP contribution >= 0.6 is 0 Å². The first-order chi connectivity index (χ1) is 28.3. The number of anilines is 6. The molecule has 0 amide bonds. The topological polar surface area (TPSA) is 10.9 Å². The van der Waals surface area contributed by atoms with Gasteiger partial charge in [-0.05, 0) is 131 Å². The van der Waals surface area contributed by atoms with Gasteiger partial charge in [0.05, 0.1) is 24.6 Å². The Morgan fingerprint density at radius 1 is 0.362 bits per heavy atom. The summed E-state index contributed by atoms with van der Waals surface area (Å²) in [7, 11) is -1.53. The summed E-state index contributed by atoms with van der Waals surface area (Å²) in [5.74, 6) is 0. The quantitative estimate of drug-likeness (QED) is 0.150. The van der Waals surface area contributed by atoms with Crippen LogP contribution in [0.3, 0.4) is 0 Å².